The molecule has 0 aromatic heterocycles. The predicted molar refractivity (Wildman–Crippen MR) is 88.9 cm³/mol. The van der Waals surface area contributed by atoms with Gasteiger partial charge in [-0.3, -0.25) is 4.84 Å². The number of benzene rings is 2. The summed E-state index contributed by atoms with van der Waals surface area (Å²) in [7, 11) is 4.12. The molecule has 3 nitrogen and oxygen atoms in total. The number of likely N-dealkylation sites (N-methyl/N-ethyl adjacent to an activating group) is 1. The summed E-state index contributed by atoms with van der Waals surface area (Å²) in [4.78, 5) is 8.40. The van der Waals surface area contributed by atoms with Crippen LogP contribution in [-0.2, 0) is 11.3 Å². The topological polar surface area (TPSA) is 15.7 Å². The fourth-order valence-electron chi connectivity index (χ4n) is 3.75. The van der Waals surface area contributed by atoms with Gasteiger partial charge in [-0.2, -0.15) is 0 Å². The largest absolute Gasteiger partial charge is 0.307 e. The first kappa shape index (κ1) is 14.7. The summed E-state index contributed by atoms with van der Waals surface area (Å²) < 4.78 is 13.7. The van der Waals surface area contributed by atoms with Gasteiger partial charge < -0.3 is 4.90 Å². The monoisotopic (exact) mass is 312 g/mol. The molecular weight excluding hydrogens is 291 g/mol. The van der Waals surface area contributed by atoms with E-state index in [0.717, 1.165) is 30.6 Å². The van der Waals surface area contributed by atoms with E-state index in [2.05, 4.69) is 43.3 Å². The highest BCUT2D eigenvalue weighted by Crippen LogP contribution is 2.44. The zero-order valence-corrected chi connectivity index (χ0v) is 13.5. The SMILES string of the molecule is CN(C)CC1CC2c3ccccc3Cc3cc(F)ccc3N2O1. The van der Waals surface area contributed by atoms with E-state index >= 15 is 0 Å². The fourth-order valence-corrected chi connectivity index (χ4v) is 3.75. The van der Waals surface area contributed by atoms with E-state index in [0.29, 0.717) is 0 Å². The van der Waals surface area contributed by atoms with Crippen LogP contribution in [0.3, 0.4) is 0 Å². The predicted octanol–water partition coefficient (Wildman–Crippen LogP) is 3.54. The number of fused-ring (bicyclic) bond motifs is 5. The highest BCUT2D eigenvalue weighted by molar-refractivity contribution is 5.59. The molecule has 2 heterocycles. The van der Waals surface area contributed by atoms with Gasteiger partial charge in [-0.15, -0.1) is 0 Å². The van der Waals surface area contributed by atoms with Crippen LogP contribution < -0.4 is 5.06 Å². The molecule has 0 saturated carbocycles. The van der Waals surface area contributed by atoms with E-state index in [1.54, 1.807) is 6.07 Å². The number of anilines is 1. The summed E-state index contributed by atoms with van der Waals surface area (Å²) >= 11 is 0. The van der Waals surface area contributed by atoms with Gasteiger partial charge in [0.05, 0.1) is 11.7 Å². The van der Waals surface area contributed by atoms with Crippen molar-refractivity contribution in [2.75, 3.05) is 25.7 Å². The minimum atomic E-state index is -0.191. The minimum Gasteiger partial charge on any atom is -0.307 e. The summed E-state index contributed by atoms with van der Waals surface area (Å²) in [6.07, 6.45) is 1.85. The average molecular weight is 312 g/mol. The molecule has 0 bridgehead atoms. The van der Waals surface area contributed by atoms with Crippen molar-refractivity contribution in [1.29, 1.82) is 0 Å². The van der Waals surface area contributed by atoms with Crippen LogP contribution in [0.1, 0.15) is 29.2 Å². The van der Waals surface area contributed by atoms with Gasteiger partial charge in [-0.05, 0) is 49.0 Å². The first-order chi connectivity index (χ1) is 11.1. The highest BCUT2D eigenvalue weighted by Gasteiger charge is 2.38. The molecule has 0 aliphatic carbocycles. The van der Waals surface area contributed by atoms with Gasteiger partial charge in [0.1, 0.15) is 11.9 Å². The van der Waals surface area contributed by atoms with Crippen molar-refractivity contribution in [3.05, 3.63) is 65.0 Å². The molecule has 2 aliphatic heterocycles. The Morgan fingerprint density at radius 2 is 2.00 bits per heavy atom. The normalized spacial score (nSPS) is 22.5. The third-order valence-electron chi connectivity index (χ3n) is 4.67. The maximum atomic E-state index is 13.7. The van der Waals surface area contributed by atoms with Crippen LogP contribution in [0.15, 0.2) is 42.5 Å². The van der Waals surface area contributed by atoms with Crippen LogP contribution in [0.25, 0.3) is 0 Å². The average Bonchev–Trinajstić information content (AvgIpc) is 2.85. The molecule has 1 fully saturated rings. The Morgan fingerprint density at radius 1 is 1.17 bits per heavy atom. The van der Waals surface area contributed by atoms with Gasteiger partial charge in [0.25, 0.3) is 0 Å². The Morgan fingerprint density at radius 3 is 2.83 bits per heavy atom. The second kappa shape index (κ2) is 5.62. The molecule has 2 aliphatic rings. The molecular formula is C19H21FN2O. The van der Waals surface area contributed by atoms with Crippen LogP contribution >= 0.6 is 0 Å². The fraction of sp³-hybridized carbons (Fsp3) is 0.368. The van der Waals surface area contributed by atoms with E-state index in [4.69, 9.17) is 4.84 Å². The number of hydroxylamine groups is 1. The van der Waals surface area contributed by atoms with E-state index in [-0.39, 0.29) is 18.0 Å². The van der Waals surface area contributed by atoms with Crippen LogP contribution in [-0.4, -0.2) is 31.6 Å². The number of rotatable bonds is 2. The maximum Gasteiger partial charge on any atom is 0.123 e. The van der Waals surface area contributed by atoms with E-state index in [1.165, 1.54) is 17.2 Å². The highest BCUT2D eigenvalue weighted by atomic mass is 19.1. The molecule has 0 radical (unpaired) electrons. The number of hydrogen-bond donors (Lipinski definition) is 0. The van der Waals surface area contributed by atoms with E-state index < -0.39 is 0 Å². The molecule has 4 rings (SSSR count). The molecule has 2 aromatic carbocycles. The van der Waals surface area contributed by atoms with Crippen LogP contribution in [0.5, 0.6) is 0 Å². The minimum absolute atomic E-state index is 0.152. The Labute approximate surface area is 136 Å². The van der Waals surface area contributed by atoms with Crippen molar-refractivity contribution in [1.82, 2.24) is 4.90 Å². The van der Waals surface area contributed by atoms with Gasteiger partial charge in [0.15, 0.2) is 0 Å². The number of halogens is 1. The van der Waals surface area contributed by atoms with Crippen LogP contribution in [0, 0.1) is 5.82 Å². The molecule has 0 amide bonds. The molecule has 2 aromatic rings. The molecule has 2 atom stereocenters. The van der Waals surface area contributed by atoms with Gasteiger partial charge in [0, 0.05) is 19.4 Å². The second-order valence-electron chi connectivity index (χ2n) is 6.72. The maximum absolute atomic E-state index is 13.7. The summed E-state index contributed by atoms with van der Waals surface area (Å²) in [5, 5.41) is 2.01. The first-order valence-corrected chi connectivity index (χ1v) is 8.09. The Hall–Kier alpha value is -1.91. The van der Waals surface area contributed by atoms with Crippen molar-refractivity contribution < 1.29 is 9.23 Å². The first-order valence-electron chi connectivity index (χ1n) is 8.09. The van der Waals surface area contributed by atoms with Gasteiger partial charge >= 0.3 is 0 Å². The zero-order chi connectivity index (χ0) is 16.0. The molecule has 0 N–H and O–H groups in total. The summed E-state index contributed by atoms with van der Waals surface area (Å²) in [5.41, 5.74) is 4.55. The lowest BCUT2D eigenvalue weighted by Gasteiger charge is -2.25. The number of nitrogens with zero attached hydrogens (tertiary/aromatic N) is 2. The Balaban J connectivity index is 1.80. The summed E-state index contributed by atoms with van der Waals surface area (Å²) in [6.45, 7) is 0.881. The zero-order valence-electron chi connectivity index (χ0n) is 13.5. The van der Waals surface area contributed by atoms with Crippen molar-refractivity contribution >= 4 is 5.69 Å². The van der Waals surface area contributed by atoms with Gasteiger partial charge in [0.2, 0.25) is 0 Å². The molecule has 2 unspecified atom stereocenters. The standard InChI is InChI=1S/C19H21FN2O/c1-21(2)12-16-11-19-17-6-4-3-5-13(17)9-14-10-15(20)7-8-18(14)22(19)23-16/h3-8,10,16,19H,9,11-12H2,1-2H3. The van der Waals surface area contributed by atoms with Crippen LogP contribution in [0.4, 0.5) is 10.1 Å². The van der Waals surface area contributed by atoms with Gasteiger partial charge in [-0.25, -0.2) is 9.45 Å². The molecule has 0 spiro atoms. The van der Waals surface area contributed by atoms with Crippen molar-refractivity contribution in [2.45, 2.75) is 25.0 Å². The molecule has 23 heavy (non-hydrogen) atoms. The molecule has 4 heteroatoms. The number of hydrogen-bond acceptors (Lipinski definition) is 3. The lowest BCUT2D eigenvalue weighted by Crippen LogP contribution is -2.27. The lowest BCUT2D eigenvalue weighted by atomic mass is 9.95. The lowest BCUT2D eigenvalue weighted by molar-refractivity contribution is 0.0649. The van der Waals surface area contributed by atoms with Gasteiger partial charge in [-0.1, -0.05) is 24.3 Å². The Kier molecular flexibility index (Phi) is 3.58. The second-order valence-corrected chi connectivity index (χ2v) is 6.72. The summed E-state index contributed by atoms with van der Waals surface area (Å²) in [6, 6.07) is 13.7. The van der Waals surface area contributed by atoms with Crippen molar-refractivity contribution in [3.63, 3.8) is 0 Å². The quantitative estimate of drug-likeness (QED) is 0.843. The van der Waals surface area contributed by atoms with E-state index in [9.17, 15) is 4.39 Å². The van der Waals surface area contributed by atoms with E-state index in [1.807, 2.05) is 11.1 Å². The smallest absolute Gasteiger partial charge is 0.123 e. The van der Waals surface area contributed by atoms with Crippen molar-refractivity contribution in [3.8, 4) is 0 Å². The molecule has 1 saturated heterocycles. The third kappa shape index (κ3) is 2.62. The van der Waals surface area contributed by atoms with Crippen LogP contribution in [0.2, 0.25) is 0 Å². The van der Waals surface area contributed by atoms with Crippen molar-refractivity contribution in [2.24, 2.45) is 0 Å². The summed E-state index contributed by atoms with van der Waals surface area (Å²) in [5.74, 6) is -0.191. The Bertz CT molecular complexity index is 731. The molecule has 120 valence electrons. The third-order valence-corrected chi connectivity index (χ3v) is 4.67.